The predicted molar refractivity (Wildman–Crippen MR) is 287 cm³/mol. The van der Waals surface area contributed by atoms with Gasteiger partial charge in [-0.1, -0.05) is 0 Å². The summed E-state index contributed by atoms with van der Waals surface area (Å²) in [6.45, 7) is 13.2. The van der Waals surface area contributed by atoms with Crippen LogP contribution in [0.25, 0.3) is 0 Å². The molecule has 8 aromatic carbocycles. The Balaban J connectivity index is 0.00000640. The molecule has 10 rings (SSSR count). The quantitative estimate of drug-likeness (QED) is 0.106. The number of halogens is 1. The van der Waals surface area contributed by atoms with E-state index < -0.39 is 10.8 Å². The Morgan fingerprint density at radius 1 is 0.389 bits per heavy atom. The normalized spacial score (nSPS) is 17.4. The maximum Gasteiger partial charge on any atom is -1.00 e. The van der Waals surface area contributed by atoms with Crippen LogP contribution in [0.4, 0.5) is 0 Å². The van der Waals surface area contributed by atoms with Crippen LogP contribution in [0.3, 0.4) is 0 Å². The van der Waals surface area contributed by atoms with Crippen molar-refractivity contribution in [1.82, 2.24) is 0 Å². The van der Waals surface area contributed by atoms with Crippen LogP contribution in [-0.4, -0.2) is 41.9 Å². The molecule has 0 amide bonds. The first-order valence-electron chi connectivity index (χ1n) is 25.3. The molecule has 1 heterocycles. The molecule has 0 unspecified atom stereocenters. The van der Waals surface area contributed by atoms with E-state index in [0.717, 1.165) is 92.4 Å². The van der Waals surface area contributed by atoms with Gasteiger partial charge in [0.15, 0.2) is 0 Å². The average molecular weight is 1050 g/mol. The maximum atomic E-state index is 12.6. The van der Waals surface area contributed by atoms with E-state index >= 15 is 0 Å². The number of phenols is 2. The van der Waals surface area contributed by atoms with Crippen molar-refractivity contribution in [2.24, 2.45) is 0 Å². The van der Waals surface area contributed by atoms with Crippen molar-refractivity contribution in [3.05, 3.63) is 273 Å². The monoisotopic (exact) mass is 1050 g/mol. The molecule has 72 heavy (non-hydrogen) atoms. The molecule has 6 heteroatoms. The Kier molecular flexibility index (Phi) is 14.5. The van der Waals surface area contributed by atoms with Gasteiger partial charge in [0.1, 0.15) is 0 Å². The molecule has 0 aromatic heterocycles. The zero-order chi connectivity index (χ0) is 49.4. The van der Waals surface area contributed by atoms with E-state index in [-0.39, 0.29) is 55.3 Å². The minimum absolute atomic E-state index is 0. The molecule has 1 aliphatic heterocycles. The average Bonchev–Trinajstić information content (AvgIpc) is 3.73. The van der Waals surface area contributed by atoms with Crippen LogP contribution in [0.2, 0.25) is 0 Å². The molecular weight excluding hydrogens is 988 g/mol. The summed E-state index contributed by atoms with van der Waals surface area (Å²) in [6, 6.07) is 74.6. The van der Waals surface area contributed by atoms with Crippen LogP contribution >= 0.6 is 0 Å². The van der Waals surface area contributed by atoms with E-state index in [0.29, 0.717) is 11.5 Å². The fourth-order valence-electron chi connectivity index (χ4n) is 11.6. The molecule has 0 bridgehead atoms. The van der Waals surface area contributed by atoms with E-state index in [1.807, 2.05) is 0 Å². The Bertz CT molecular complexity index is 2790. The predicted octanol–water partition coefficient (Wildman–Crippen LogP) is 11.3. The van der Waals surface area contributed by atoms with E-state index in [1.54, 1.807) is 0 Å². The zero-order valence-corrected chi connectivity index (χ0v) is 45.1. The van der Waals surface area contributed by atoms with E-state index in [4.69, 9.17) is 0 Å². The Morgan fingerprint density at radius 3 is 0.875 bits per heavy atom. The Labute approximate surface area is 444 Å². The summed E-state index contributed by atoms with van der Waals surface area (Å²) in [5.74, 6) is 0.646. The molecule has 2 fully saturated rings. The third-order valence-electron chi connectivity index (χ3n) is 15.0. The molecule has 2 aliphatic rings. The molecule has 1 saturated carbocycles. The fraction of sp³-hybridized carbons (Fsp3) is 0.242. The molecule has 0 radical (unpaired) electrons. The first kappa shape index (κ1) is 50.6. The van der Waals surface area contributed by atoms with Gasteiger partial charge in [0, 0.05) is 0 Å². The summed E-state index contributed by atoms with van der Waals surface area (Å²) in [4.78, 5) is 0. The van der Waals surface area contributed by atoms with Gasteiger partial charge in [0.2, 0.25) is 0 Å². The zero-order valence-electron chi connectivity index (χ0n) is 42.3. The molecule has 8 aromatic rings. The SMILES string of the molecule is CC(C)(C)c1cc(C(c2ccccc2)(c2ccccc2)c2ccccc2)cc(C=[N+]2[Mn][N+](=Cc3cc(C(c4ccccc4)(c4ccccc4)c4ccccc4)cc(C(C)(C)C)c3O)[C@@H]3CCCC[C@H]32)c1O.[Br-]. The van der Waals surface area contributed by atoms with Gasteiger partial charge in [-0.3, -0.25) is 0 Å². The topological polar surface area (TPSA) is 46.5 Å². The van der Waals surface area contributed by atoms with Crippen LogP contribution in [-0.2, 0) is 37.1 Å². The van der Waals surface area contributed by atoms with Gasteiger partial charge in [-0.2, -0.15) is 0 Å². The van der Waals surface area contributed by atoms with Crippen LogP contribution in [0.1, 0.15) is 134 Å². The van der Waals surface area contributed by atoms with Crippen molar-refractivity contribution in [2.75, 3.05) is 0 Å². The van der Waals surface area contributed by atoms with E-state index in [9.17, 15) is 10.2 Å². The van der Waals surface area contributed by atoms with Gasteiger partial charge in [-0.25, -0.2) is 0 Å². The molecule has 0 spiro atoms. The number of hydrogen-bond acceptors (Lipinski definition) is 2. The van der Waals surface area contributed by atoms with Crippen molar-refractivity contribution in [1.29, 1.82) is 0 Å². The first-order chi connectivity index (χ1) is 34.3. The third-order valence-corrected chi connectivity index (χ3v) is 16.7. The second kappa shape index (κ2) is 20.7. The molecule has 1 aliphatic carbocycles. The Hall–Kier alpha value is -6.30. The summed E-state index contributed by atoms with van der Waals surface area (Å²) in [6.07, 6.45) is 8.91. The van der Waals surface area contributed by atoms with Crippen LogP contribution in [0.15, 0.2) is 206 Å². The first-order valence-corrected chi connectivity index (χ1v) is 26.4. The van der Waals surface area contributed by atoms with Crippen molar-refractivity contribution >= 4 is 12.4 Å². The van der Waals surface area contributed by atoms with Crippen molar-refractivity contribution < 1.29 is 49.8 Å². The second-order valence-electron chi connectivity index (χ2n) is 21.6. The third kappa shape index (κ3) is 9.23. The number of aromatic hydroxyl groups is 2. The standard InChI is InChI=1S/C66H66N2O2.BrH.Mn/c1-63(2,3)57-43-55(65(49-27-13-7-14-28-49,50-29-15-8-16-30-50)51-31-17-9-18-32-51)41-47(61(57)69)45-67-59-39-25-26-40-60(59)68-46-48-42-56(44-58(62(48)70)64(4,5)6)66(52-33-19-10-20-34-52,53-35-21-11-22-36-53)54-37-23-12-24-38-54;;/h7-24,27-38,41-46,59-60,69-70H,25-26,39-40H2,1-6H3;1H;/q;;+2/p-1/t59-,60-;;/m1../s1. The summed E-state index contributed by atoms with van der Waals surface area (Å²) in [5, 5.41) is 25.2. The summed E-state index contributed by atoms with van der Waals surface area (Å²) < 4.78 is 5.02. The number of hydrogen-bond donors (Lipinski definition) is 2. The maximum absolute atomic E-state index is 12.6. The van der Waals surface area contributed by atoms with Gasteiger partial charge in [-0.15, -0.1) is 0 Å². The number of benzene rings is 8. The van der Waals surface area contributed by atoms with E-state index in [1.165, 1.54) is 0 Å². The number of phenolic OH excluding ortho intramolecular Hbond substituents is 2. The van der Waals surface area contributed by atoms with Gasteiger partial charge in [-0.05, 0) is 0 Å². The summed E-state index contributed by atoms with van der Waals surface area (Å²) in [7, 11) is 0. The van der Waals surface area contributed by atoms with Crippen molar-refractivity contribution in [3.63, 3.8) is 0 Å². The van der Waals surface area contributed by atoms with Crippen molar-refractivity contribution in [2.45, 2.75) is 101 Å². The smallest absolute Gasteiger partial charge is 1.00 e. The number of rotatable bonds is 10. The molecule has 2 atom stereocenters. The minimum atomic E-state index is -0.678. The number of fused-ring (bicyclic) bond motifs is 1. The van der Waals surface area contributed by atoms with Crippen LogP contribution in [0, 0.1) is 0 Å². The summed E-state index contributed by atoms with van der Waals surface area (Å²) in [5.41, 5.74) is 10.6. The summed E-state index contributed by atoms with van der Waals surface area (Å²) >= 11 is 0.208. The van der Waals surface area contributed by atoms with Crippen molar-refractivity contribution in [3.8, 4) is 11.5 Å². The second-order valence-corrected chi connectivity index (χ2v) is 23.0. The van der Waals surface area contributed by atoms with Gasteiger partial charge < -0.3 is 17.0 Å². The molecule has 365 valence electrons. The largest absolute Gasteiger partial charge is 1.00 e. The number of nitrogens with zero attached hydrogens (tertiary/aromatic N) is 2. The molecule has 2 N–H and O–H groups in total. The molecule has 1 saturated heterocycles. The Morgan fingerprint density at radius 2 is 0.639 bits per heavy atom. The van der Waals surface area contributed by atoms with Gasteiger partial charge in [0.25, 0.3) is 0 Å². The minimum Gasteiger partial charge on any atom is -1.00 e. The van der Waals surface area contributed by atoms with Crippen LogP contribution < -0.4 is 17.0 Å². The molecule has 4 nitrogen and oxygen atoms in total. The van der Waals surface area contributed by atoms with E-state index in [2.05, 4.69) is 267 Å². The van der Waals surface area contributed by atoms with Gasteiger partial charge >= 0.3 is 431 Å². The fourth-order valence-corrected chi connectivity index (χ4v) is 13.4. The van der Waals surface area contributed by atoms with Crippen LogP contribution in [0.5, 0.6) is 11.5 Å². The van der Waals surface area contributed by atoms with Gasteiger partial charge in [0.05, 0.1) is 0 Å². The molecular formula is C66H66BrMnN2O2+.